The van der Waals surface area contributed by atoms with Gasteiger partial charge in [-0.15, -0.1) is 0 Å². The van der Waals surface area contributed by atoms with Gasteiger partial charge >= 0.3 is 0 Å². The first-order valence-corrected chi connectivity index (χ1v) is 16.4. The second-order valence-corrected chi connectivity index (χ2v) is 12.3. The molecule has 1 heterocycles. The Morgan fingerprint density at radius 2 is 1.56 bits per heavy atom. The molecule has 0 aliphatic carbocycles. The number of ether oxygens (including phenoxy) is 3. The zero-order valence-electron chi connectivity index (χ0n) is 29.6. The SMILES string of the molecule is COc1ccc(C(=O)N[C@H]2CCCNC(=O)CN(C)C(=O)[C@H](Cc3ccccc3)NC(=O)[C@@H](C)NC(=O)[C@@H](C(C)C)NC2=O)c(OC)c1OC. The lowest BCUT2D eigenvalue weighted by Gasteiger charge is -2.28. The van der Waals surface area contributed by atoms with Crippen LogP contribution in [0.3, 0.4) is 0 Å². The number of carbonyl (C=O) groups excluding carboxylic acids is 6. The highest BCUT2D eigenvalue weighted by atomic mass is 16.5. The van der Waals surface area contributed by atoms with Crippen molar-refractivity contribution in [3.8, 4) is 17.2 Å². The van der Waals surface area contributed by atoms with Crippen LogP contribution < -0.4 is 40.8 Å². The summed E-state index contributed by atoms with van der Waals surface area (Å²) in [6.45, 7) is 4.75. The quantitative estimate of drug-likeness (QED) is 0.262. The zero-order chi connectivity index (χ0) is 37.0. The van der Waals surface area contributed by atoms with Crippen molar-refractivity contribution in [3.05, 3.63) is 53.6 Å². The molecule has 1 aliphatic heterocycles. The number of benzene rings is 2. The smallest absolute Gasteiger partial charge is 0.255 e. The van der Waals surface area contributed by atoms with Gasteiger partial charge < -0.3 is 45.7 Å². The standard InChI is InChI=1S/C35H48N6O9/c1-20(2)28-34(46)37-21(3)31(43)39-25(18-22-12-9-8-10-13-22)35(47)41(4)19-27(42)36-17-11-14-24(33(45)40-28)38-32(44)23-15-16-26(48-5)30(50-7)29(23)49-6/h8-10,12-13,15-16,20-21,24-25,28H,11,14,17-19H2,1-7H3,(H,36,42)(H,37,46)(H,38,44)(H,39,43)(H,40,45)/t21-,24+,25+,28-/m1/s1. The number of amides is 6. The molecule has 2 aromatic carbocycles. The van der Waals surface area contributed by atoms with E-state index in [9.17, 15) is 28.8 Å². The molecular weight excluding hydrogens is 648 g/mol. The second kappa shape index (κ2) is 18.4. The summed E-state index contributed by atoms with van der Waals surface area (Å²) in [5, 5.41) is 13.5. The molecule has 0 saturated carbocycles. The molecule has 50 heavy (non-hydrogen) atoms. The summed E-state index contributed by atoms with van der Waals surface area (Å²) in [5.41, 5.74) is 0.860. The lowest BCUT2D eigenvalue weighted by atomic mass is 10.0. The second-order valence-electron chi connectivity index (χ2n) is 12.3. The summed E-state index contributed by atoms with van der Waals surface area (Å²) in [6, 6.07) is 7.74. The molecule has 0 aromatic heterocycles. The topological polar surface area (TPSA) is 193 Å². The van der Waals surface area contributed by atoms with Crippen LogP contribution in [0.15, 0.2) is 42.5 Å². The molecule has 1 fully saturated rings. The summed E-state index contributed by atoms with van der Waals surface area (Å²) in [5.74, 6) is -3.31. The van der Waals surface area contributed by atoms with E-state index in [2.05, 4.69) is 26.6 Å². The first-order valence-electron chi connectivity index (χ1n) is 16.4. The van der Waals surface area contributed by atoms with Crippen LogP contribution in [0.2, 0.25) is 0 Å². The Labute approximate surface area is 292 Å². The molecule has 3 rings (SSSR count). The number of nitrogens with one attached hydrogen (secondary N) is 5. The Balaban J connectivity index is 1.90. The zero-order valence-corrected chi connectivity index (χ0v) is 29.6. The third-order valence-electron chi connectivity index (χ3n) is 8.22. The molecule has 0 unspecified atom stereocenters. The van der Waals surface area contributed by atoms with Crippen LogP contribution in [0.5, 0.6) is 17.2 Å². The molecule has 1 aliphatic rings. The third-order valence-corrected chi connectivity index (χ3v) is 8.22. The molecule has 272 valence electrons. The van der Waals surface area contributed by atoms with Crippen molar-refractivity contribution in [1.82, 2.24) is 31.5 Å². The molecule has 0 spiro atoms. The average molecular weight is 697 g/mol. The largest absolute Gasteiger partial charge is 0.493 e. The molecule has 0 bridgehead atoms. The first-order chi connectivity index (χ1) is 23.8. The van der Waals surface area contributed by atoms with Crippen molar-refractivity contribution in [2.45, 2.75) is 64.2 Å². The number of carbonyl (C=O) groups is 6. The summed E-state index contributed by atoms with van der Waals surface area (Å²) in [7, 11) is 5.66. The summed E-state index contributed by atoms with van der Waals surface area (Å²) < 4.78 is 16.1. The highest BCUT2D eigenvalue weighted by Gasteiger charge is 2.33. The first kappa shape index (κ1) is 39.1. The summed E-state index contributed by atoms with van der Waals surface area (Å²) in [4.78, 5) is 81.6. The molecular formula is C35H48N6O9. The Kier molecular flexibility index (Phi) is 14.4. The van der Waals surface area contributed by atoms with E-state index in [1.54, 1.807) is 13.8 Å². The van der Waals surface area contributed by atoms with Gasteiger partial charge in [0.2, 0.25) is 35.3 Å². The normalized spacial score (nSPS) is 21.5. The van der Waals surface area contributed by atoms with E-state index in [1.807, 2.05) is 30.3 Å². The van der Waals surface area contributed by atoms with Gasteiger partial charge in [0.1, 0.15) is 24.2 Å². The van der Waals surface area contributed by atoms with Crippen molar-refractivity contribution < 1.29 is 43.0 Å². The molecule has 0 radical (unpaired) electrons. The van der Waals surface area contributed by atoms with Gasteiger partial charge in [-0.3, -0.25) is 28.8 Å². The molecule has 5 N–H and O–H groups in total. The van der Waals surface area contributed by atoms with Crippen LogP contribution in [-0.4, -0.2) is 106 Å². The minimum atomic E-state index is -1.14. The van der Waals surface area contributed by atoms with E-state index in [0.717, 1.165) is 5.56 Å². The van der Waals surface area contributed by atoms with Crippen molar-refractivity contribution in [2.75, 3.05) is 41.5 Å². The van der Waals surface area contributed by atoms with Crippen molar-refractivity contribution in [1.29, 1.82) is 0 Å². The lowest BCUT2D eigenvalue weighted by molar-refractivity contribution is -0.139. The molecule has 2 aromatic rings. The Morgan fingerprint density at radius 3 is 2.18 bits per heavy atom. The van der Waals surface area contributed by atoms with Gasteiger partial charge in [0.25, 0.3) is 5.91 Å². The fourth-order valence-corrected chi connectivity index (χ4v) is 5.44. The molecule has 15 heteroatoms. The van der Waals surface area contributed by atoms with Crippen LogP contribution in [0.1, 0.15) is 49.5 Å². The molecule has 4 atom stereocenters. The van der Waals surface area contributed by atoms with Crippen molar-refractivity contribution in [3.63, 3.8) is 0 Å². The van der Waals surface area contributed by atoms with Gasteiger partial charge in [0, 0.05) is 20.0 Å². The number of rotatable bonds is 8. The number of nitrogens with zero attached hydrogens (tertiary/aromatic N) is 1. The summed E-state index contributed by atoms with van der Waals surface area (Å²) in [6.07, 6.45) is 0.491. The number of likely N-dealkylation sites (N-methyl/N-ethyl adjacent to an activating group) is 1. The maximum Gasteiger partial charge on any atom is 0.255 e. The highest BCUT2D eigenvalue weighted by molar-refractivity contribution is 6.01. The van der Waals surface area contributed by atoms with E-state index < -0.39 is 65.5 Å². The van der Waals surface area contributed by atoms with Crippen molar-refractivity contribution >= 4 is 35.4 Å². The monoisotopic (exact) mass is 696 g/mol. The van der Waals surface area contributed by atoms with E-state index in [4.69, 9.17) is 14.2 Å². The van der Waals surface area contributed by atoms with Crippen LogP contribution in [-0.2, 0) is 30.4 Å². The maximum absolute atomic E-state index is 13.7. The Morgan fingerprint density at radius 1 is 0.880 bits per heavy atom. The Bertz CT molecular complexity index is 1530. The van der Waals surface area contributed by atoms with Gasteiger partial charge in [0.05, 0.1) is 33.4 Å². The molecule has 15 nitrogen and oxygen atoms in total. The van der Waals surface area contributed by atoms with Crippen LogP contribution in [0, 0.1) is 5.92 Å². The fourth-order valence-electron chi connectivity index (χ4n) is 5.44. The van der Waals surface area contributed by atoms with E-state index in [0.29, 0.717) is 5.75 Å². The lowest BCUT2D eigenvalue weighted by Crippen LogP contribution is -2.59. The van der Waals surface area contributed by atoms with Gasteiger partial charge in [-0.2, -0.15) is 0 Å². The average Bonchev–Trinajstić information content (AvgIpc) is 3.09. The van der Waals surface area contributed by atoms with Gasteiger partial charge in [-0.1, -0.05) is 44.2 Å². The predicted molar refractivity (Wildman–Crippen MR) is 184 cm³/mol. The van der Waals surface area contributed by atoms with Gasteiger partial charge in [0.15, 0.2) is 11.5 Å². The van der Waals surface area contributed by atoms with Gasteiger partial charge in [-0.05, 0) is 43.4 Å². The number of methoxy groups -OCH3 is 3. The maximum atomic E-state index is 13.7. The predicted octanol–water partition coefficient (Wildman–Crippen LogP) is 0.552. The molecule has 1 saturated heterocycles. The van der Waals surface area contributed by atoms with Crippen LogP contribution in [0.4, 0.5) is 0 Å². The van der Waals surface area contributed by atoms with Crippen LogP contribution in [0.25, 0.3) is 0 Å². The minimum absolute atomic E-state index is 0.0713. The van der Waals surface area contributed by atoms with Gasteiger partial charge in [-0.25, -0.2) is 0 Å². The highest BCUT2D eigenvalue weighted by Crippen LogP contribution is 2.39. The summed E-state index contributed by atoms with van der Waals surface area (Å²) >= 11 is 0. The van der Waals surface area contributed by atoms with Crippen LogP contribution >= 0.6 is 0 Å². The fraction of sp³-hybridized carbons (Fsp3) is 0.486. The van der Waals surface area contributed by atoms with E-state index in [1.165, 1.54) is 52.3 Å². The number of hydrogen-bond acceptors (Lipinski definition) is 9. The minimum Gasteiger partial charge on any atom is -0.493 e. The third kappa shape index (κ3) is 10.3. The molecule has 6 amide bonds. The Hall–Kier alpha value is -5.34. The van der Waals surface area contributed by atoms with E-state index in [-0.39, 0.29) is 49.4 Å². The number of hydrogen-bond donors (Lipinski definition) is 5. The van der Waals surface area contributed by atoms with E-state index >= 15 is 0 Å². The van der Waals surface area contributed by atoms with Crippen molar-refractivity contribution in [2.24, 2.45) is 5.92 Å².